The van der Waals surface area contributed by atoms with Gasteiger partial charge in [0.2, 0.25) is 0 Å². The Balaban J connectivity index is 2.15. The van der Waals surface area contributed by atoms with Crippen LogP contribution < -0.4 is 0 Å². The molecule has 0 nitrogen and oxygen atoms in total. The summed E-state index contributed by atoms with van der Waals surface area (Å²) in [5.74, 6) is 2.43. The molecule has 1 rings (SSSR count). The van der Waals surface area contributed by atoms with E-state index in [0.29, 0.717) is 0 Å². The Labute approximate surface area is 86.5 Å². The predicted octanol–water partition coefficient (Wildman–Crippen LogP) is 4.43. The Bertz CT molecular complexity index is 87.6. The molecule has 0 spiro atoms. The first-order valence-corrected chi connectivity index (χ1v) is 8.20. The standard InChI is InChI=1S/C9H17IS/c10-11-8-9-6-4-2-1-3-5-7-9/h9H,1-8H2. The highest BCUT2D eigenvalue weighted by atomic mass is 127. The topological polar surface area (TPSA) is 0 Å². The summed E-state index contributed by atoms with van der Waals surface area (Å²) in [5, 5.41) is 0. The van der Waals surface area contributed by atoms with E-state index < -0.39 is 0 Å². The lowest BCUT2D eigenvalue weighted by atomic mass is 9.93. The summed E-state index contributed by atoms with van der Waals surface area (Å²) in [4.78, 5) is 0. The Hall–Kier alpha value is 1.08. The minimum absolute atomic E-state index is 1.04. The van der Waals surface area contributed by atoms with E-state index in [2.05, 4.69) is 21.2 Å². The fraction of sp³-hybridized carbons (Fsp3) is 1.00. The number of rotatable bonds is 2. The molecule has 0 aromatic carbocycles. The normalized spacial score (nSPS) is 22.6. The summed E-state index contributed by atoms with van der Waals surface area (Å²) in [6.07, 6.45) is 10.4. The van der Waals surface area contributed by atoms with Crippen LogP contribution in [-0.2, 0) is 0 Å². The van der Waals surface area contributed by atoms with Gasteiger partial charge >= 0.3 is 0 Å². The van der Waals surface area contributed by atoms with E-state index in [9.17, 15) is 0 Å². The van der Waals surface area contributed by atoms with Crippen molar-refractivity contribution in [1.29, 1.82) is 0 Å². The number of hydrogen-bond donors (Lipinski definition) is 0. The fourth-order valence-electron chi connectivity index (χ4n) is 1.80. The molecule has 0 atom stereocenters. The summed E-state index contributed by atoms with van der Waals surface area (Å²) < 4.78 is 0. The average molecular weight is 284 g/mol. The van der Waals surface area contributed by atoms with Gasteiger partial charge in [0, 0.05) is 5.75 Å². The lowest BCUT2D eigenvalue weighted by Crippen LogP contribution is -2.05. The van der Waals surface area contributed by atoms with Crippen molar-refractivity contribution in [3.63, 3.8) is 0 Å². The first-order valence-electron chi connectivity index (χ1n) is 4.67. The van der Waals surface area contributed by atoms with E-state index in [0.717, 1.165) is 5.92 Å². The van der Waals surface area contributed by atoms with Crippen molar-refractivity contribution in [2.75, 3.05) is 5.75 Å². The van der Waals surface area contributed by atoms with Crippen molar-refractivity contribution >= 4 is 30.1 Å². The minimum atomic E-state index is 1.04. The van der Waals surface area contributed by atoms with Crippen molar-refractivity contribution in [1.82, 2.24) is 0 Å². The van der Waals surface area contributed by atoms with Crippen molar-refractivity contribution in [3.8, 4) is 0 Å². The maximum absolute atomic E-state index is 2.43. The van der Waals surface area contributed by atoms with E-state index in [-0.39, 0.29) is 0 Å². The predicted molar refractivity (Wildman–Crippen MR) is 62.3 cm³/mol. The second kappa shape index (κ2) is 6.58. The van der Waals surface area contributed by atoms with Crippen LogP contribution in [0.5, 0.6) is 0 Å². The highest BCUT2D eigenvalue weighted by Crippen LogP contribution is 2.27. The van der Waals surface area contributed by atoms with Crippen LogP contribution in [0.4, 0.5) is 0 Å². The van der Waals surface area contributed by atoms with Gasteiger partial charge in [0.15, 0.2) is 0 Å². The molecule has 11 heavy (non-hydrogen) atoms. The second-order valence-electron chi connectivity index (χ2n) is 3.49. The summed E-state index contributed by atoms with van der Waals surface area (Å²) in [6, 6.07) is 0. The van der Waals surface area contributed by atoms with Gasteiger partial charge in [0.05, 0.1) is 0 Å². The van der Waals surface area contributed by atoms with Crippen molar-refractivity contribution in [2.45, 2.75) is 44.9 Å². The number of hydrogen-bond acceptors (Lipinski definition) is 1. The Morgan fingerprint density at radius 2 is 1.55 bits per heavy atom. The van der Waals surface area contributed by atoms with E-state index in [1.807, 2.05) is 8.93 Å². The fourth-order valence-corrected chi connectivity index (χ4v) is 3.83. The third-order valence-corrected chi connectivity index (χ3v) is 4.20. The maximum Gasteiger partial charge on any atom is 0.00618 e. The molecule has 1 aliphatic carbocycles. The Kier molecular flexibility index (Phi) is 6.08. The van der Waals surface area contributed by atoms with Crippen molar-refractivity contribution in [3.05, 3.63) is 0 Å². The molecule has 0 N–H and O–H groups in total. The molecule has 66 valence electrons. The van der Waals surface area contributed by atoms with Crippen LogP contribution in [0.15, 0.2) is 0 Å². The summed E-state index contributed by atoms with van der Waals surface area (Å²) >= 11 is 2.43. The lowest BCUT2D eigenvalue weighted by molar-refractivity contribution is 0.409. The summed E-state index contributed by atoms with van der Waals surface area (Å²) in [5.41, 5.74) is 0. The molecule has 0 amide bonds. The van der Waals surface area contributed by atoms with Gasteiger partial charge in [-0.3, -0.25) is 0 Å². The van der Waals surface area contributed by atoms with Crippen LogP contribution in [0.1, 0.15) is 44.9 Å². The van der Waals surface area contributed by atoms with E-state index in [1.54, 1.807) is 0 Å². The minimum Gasteiger partial charge on any atom is -0.0891 e. The van der Waals surface area contributed by atoms with Gasteiger partial charge in [0.25, 0.3) is 0 Å². The molecule has 0 aliphatic heterocycles. The van der Waals surface area contributed by atoms with Gasteiger partial charge in [-0.25, -0.2) is 0 Å². The van der Waals surface area contributed by atoms with Crippen LogP contribution >= 0.6 is 30.1 Å². The zero-order valence-electron chi connectivity index (χ0n) is 7.02. The van der Waals surface area contributed by atoms with Gasteiger partial charge in [-0.15, -0.1) is 0 Å². The van der Waals surface area contributed by atoms with E-state index in [1.165, 1.54) is 50.7 Å². The molecule has 0 radical (unpaired) electrons. The van der Waals surface area contributed by atoms with Gasteiger partial charge in [0.1, 0.15) is 0 Å². The number of halogens is 1. The molecule has 1 aliphatic rings. The molecule has 0 unspecified atom stereocenters. The zero-order valence-corrected chi connectivity index (χ0v) is 9.99. The molecule has 0 saturated heterocycles. The molecule has 1 fully saturated rings. The molecular weight excluding hydrogens is 267 g/mol. The SMILES string of the molecule is ISCC1CCCCCCC1. The average Bonchev–Trinajstić information content (AvgIpc) is 1.94. The van der Waals surface area contributed by atoms with E-state index >= 15 is 0 Å². The van der Waals surface area contributed by atoms with E-state index in [4.69, 9.17) is 0 Å². The first kappa shape index (κ1) is 10.2. The molecular formula is C9H17IS. The van der Waals surface area contributed by atoms with Gasteiger partial charge in [-0.1, -0.05) is 41.0 Å². The van der Waals surface area contributed by atoms with Crippen LogP contribution in [0.3, 0.4) is 0 Å². The van der Waals surface area contributed by atoms with Crippen molar-refractivity contribution < 1.29 is 0 Å². The molecule has 0 bridgehead atoms. The van der Waals surface area contributed by atoms with Gasteiger partial charge in [-0.2, -0.15) is 0 Å². The highest BCUT2D eigenvalue weighted by Gasteiger charge is 2.10. The van der Waals surface area contributed by atoms with Gasteiger partial charge < -0.3 is 0 Å². The van der Waals surface area contributed by atoms with Crippen molar-refractivity contribution in [2.24, 2.45) is 5.92 Å². The van der Waals surface area contributed by atoms with Crippen LogP contribution in [0.2, 0.25) is 0 Å². The largest absolute Gasteiger partial charge is 0.0891 e. The second-order valence-corrected chi connectivity index (χ2v) is 5.91. The van der Waals surface area contributed by atoms with Crippen LogP contribution in [0, 0.1) is 5.92 Å². The quantitative estimate of drug-likeness (QED) is 0.676. The summed E-state index contributed by atoms with van der Waals surface area (Å²) in [6.45, 7) is 0. The molecule has 0 aromatic rings. The zero-order chi connectivity index (χ0) is 7.94. The molecule has 1 saturated carbocycles. The lowest BCUT2D eigenvalue weighted by Gasteiger charge is -2.17. The Morgan fingerprint density at radius 3 is 2.09 bits per heavy atom. The molecule has 2 heteroatoms. The third-order valence-electron chi connectivity index (χ3n) is 2.52. The van der Waals surface area contributed by atoms with Crippen LogP contribution in [0.25, 0.3) is 0 Å². The first-order chi connectivity index (χ1) is 5.43. The molecule has 0 aromatic heterocycles. The highest BCUT2D eigenvalue weighted by molar-refractivity contribution is 14.2. The third kappa shape index (κ3) is 4.61. The monoisotopic (exact) mass is 284 g/mol. The van der Waals surface area contributed by atoms with Crippen LogP contribution in [-0.4, -0.2) is 5.75 Å². The summed E-state index contributed by atoms with van der Waals surface area (Å²) in [7, 11) is 1.99. The molecule has 0 heterocycles. The Morgan fingerprint density at radius 1 is 1.00 bits per heavy atom. The smallest absolute Gasteiger partial charge is 0.00618 e. The van der Waals surface area contributed by atoms with Gasteiger partial charge in [-0.05, 0) is 40.0 Å². The maximum atomic E-state index is 2.43.